The number of oxime groups is 1. The van der Waals surface area contributed by atoms with Crippen molar-refractivity contribution in [2.75, 3.05) is 26.9 Å². The first-order valence-electron chi connectivity index (χ1n) is 11.7. The summed E-state index contributed by atoms with van der Waals surface area (Å²) in [5, 5.41) is 4.04. The molecule has 0 saturated heterocycles. The van der Waals surface area contributed by atoms with Gasteiger partial charge in [0.25, 0.3) is 0 Å². The van der Waals surface area contributed by atoms with Crippen LogP contribution in [0.5, 0.6) is 17.2 Å². The van der Waals surface area contributed by atoms with E-state index in [0.29, 0.717) is 19.8 Å². The van der Waals surface area contributed by atoms with Crippen LogP contribution in [0.3, 0.4) is 0 Å². The quantitative estimate of drug-likeness (QED) is 0.144. The fourth-order valence-corrected chi connectivity index (χ4v) is 3.73. The van der Waals surface area contributed by atoms with Crippen molar-refractivity contribution in [2.24, 2.45) is 5.16 Å². The largest absolute Gasteiger partial charge is 0.493 e. The normalized spacial score (nSPS) is 11.7. The van der Waals surface area contributed by atoms with E-state index >= 15 is 0 Å². The third-order valence-corrected chi connectivity index (χ3v) is 5.66. The van der Waals surface area contributed by atoms with Gasteiger partial charge in [-0.2, -0.15) is 0 Å². The van der Waals surface area contributed by atoms with Crippen LogP contribution in [0.1, 0.15) is 60.9 Å². The van der Waals surface area contributed by atoms with Crippen LogP contribution in [0.4, 0.5) is 0 Å². The second-order valence-corrected chi connectivity index (χ2v) is 8.24. The maximum Gasteiger partial charge on any atom is 0.125 e. The Bertz CT molecular complexity index is 940. The molecule has 2 rings (SSSR count). The molecule has 0 aliphatic rings. The molecule has 5 nitrogen and oxygen atoms in total. The minimum Gasteiger partial charge on any atom is -0.493 e. The van der Waals surface area contributed by atoms with Crippen molar-refractivity contribution in [3.8, 4) is 17.2 Å². The molecule has 0 unspecified atom stereocenters. The van der Waals surface area contributed by atoms with Gasteiger partial charge in [0.15, 0.2) is 0 Å². The van der Waals surface area contributed by atoms with Crippen LogP contribution >= 0.6 is 0 Å². The van der Waals surface area contributed by atoms with E-state index in [-0.39, 0.29) is 0 Å². The lowest BCUT2D eigenvalue weighted by molar-refractivity contribution is 0.213. The van der Waals surface area contributed by atoms with Crippen LogP contribution < -0.4 is 14.2 Å². The number of hydrogen-bond donors (Lipinski definition) is 0. The van der Waals surface area contributed by atoms with Crippen LogP contribution in [-0.2, 0) is 4.84 Å². The first-order chi connectivity index (χ1) is 15.9. The fourth-order valence-electron chi connectivity index (χ4n) is 3.73. The number of aryl methyl sites for hydroxylation is 2. The Morgan fingerprint density at radius 2 is 1.55 bits per heavy atom. The highest BCUT2D eigenvalue weighted by Gasteiger charge is 2.10. The van der Waals surface area contributed by atoms with E-state index in [9.17, 15) is 0 Å². The van der Waals surface area contributed by atoms with Gasteiger partial charge < -0.3 is 19.0 Å². The fraction of sp³-hybridized carbons (Fsp3) is 0.464. The van der Waals surface area contributed by atoms with Crippen LogP contribution in [0, 0.1) is 27.7 Å². The van der Waals surface area contributed by atoms with Gasteiger partial charge in [0, 0.05) is 5.56 Å². The predicted molar refractivity (Wildman–Crippen MR) is 136 cm³/mol. The van der Waals surface area contributed by atoms with Gasteiger partial charge in [-0.3, -0.25) is 0 Å². The van der Waals surface area contributed by atoms with E-state index in [1.54, 1.807) is 7.11 Å². The van der Waals surface area contributed by atoms with Crippen molar-refractivity contribution in [3.63, 3.8) is 0 Å². The van der Waals surface area contributed by atoms with E-state index in [0.717, 1.165) is 64.5 Å². The van der Waals surface area contributed by atoms with E-state index in [1.165, 1.54) is 5.56 Å². The maximum atomic E-state index is 6.07. The molecule has 0 saturated carbocycles. The first-order valence-corrected chi connectivity index (χ1v) is 11.7. The second-order valence-electron chi connectivity index (χ2n) is 8.24. The van der Waals surface area contributed by atoms with Gasteiger partial charge in [-0.05, 0) is 107 Å². The van der Waals surface area contributed by atoms with Gasteiger partial charge in [0.1, 0.15) is 31.0 Å². The molecule has 0 atom stereocenters. The lowest BCUT2D eigenvalue weighted by atomic mass is 9.99. The van der Waals surface area contributed by atoms with Crippen molar-refractivity contribution in [2.45, 2.75) is 60.8 Å². The maximum absolute atomic E-state index is 6.07. The first kappa shape index (κ1) is 26.3. The molecule has 33 heavy (non-hydrogen) atoms. The highest BCUT2D eigenvalue weighted by molar-refractivity contribution is 6.00. The minimum absolute atomic E-state index is 0.586. The van der Waals surface area contributed by atoms with Gasteiger partial charge in [0.2, 0.25) is 0 Å². The van der Waals surface area contributed by atoms with Crippen LogP contribution in [0.2, 0.25) is 0 Å². The van der Waals surface area contributed by atoms with E-state index in [4.69, 9.17) is 19.0 Å². The molecule has 0 fully saturated rings. The summed E-state index contributed by atoms with van der Waals surface area (Å²) in [6, 6.07) is 8.15. The molecule has 0 spiro atoms. The highest BCUT2D eigenvalue weighted by atomic mass is 16.6. The zero-order chi connectivity index (χ0) is 24.2. The highest BCUT2D eigenvalue weighted by Crippen LogP contribution is 2.29. The van der Waals surface area contributed by atoms with Crippen LogP contribution in [-0.4, -0.2) is 32.6 Å². The molecule has 0 N–H and O–H groups in total. The molecule has 0 aromatic heterocycles. The standard InChI is InChI=1S/C28H39NO4/c1-8-9-15-31-25-18-20(2)28(21(3)19-25)33-17-12-10-11-16-32-27-14-13-26(22(4)23(27)5)24(6)29-30-7/h8-9,13-14,18-19H,10-12,15-17H2,1-7H3/b9-8+,29-24+. The molecule has 0 amide bonds. The lowest BCUT2D eigenvalue weighted by Crippen LogP contribution is -2.05. The van der Waals surface area contributed by atoms with Gasteiger partial charge in [-0.15, -0.1) is 0 Å². The molecule has 5 heteroatoms. The summed E-state index contributed by atoms with van der Waals surface area (Å²) in [5.74, 6) is 2.77. The number of allylic oxidation sites excluding steroid dienone is 1. The Balaban J connectivity index is 1.75. The Morgan fingerprint density at radius 1 is 0.879 bits per heavy atom. The summed E-state index contributed by atoms with van der Waals surface area (Å²) in [6.45, 7) is 14.2. The minimum atomic E-state index is 0.586. The molecule has 2 aromatic carbocycles. The van der Waals surface area contributed by atoms with Crippen molar-refractivity contribution in [3.05, 3.63) is 64.2 Å². The average molecular weight is 454 g/mol. The van der Waals surface area contributed by atoms with Gasteiger partial charge in [0.05, 0.1) is 18.9 Å². The number of benzene rings is 2. The molecule has 0 bridgehead atoms. The predicted octanol–water partition coefficient (Wildman–Crippen LogP) is 6.87. The lowest BCUT2D eigenvalue weighted by Gasteiger charge is -2.15. The Hall–Kier alpha value is -2.95. The summed E-state index contributed by atoms with van der Waals surface area (Å²) >= 11 is 0. The zero-order valence-electron chi connectivity index (χ0n) is 21.3. The van der Waals surface area contributed by atoms with Crippen LogP contribution in [0.25, 0.3) is 0 Å². The molecule has 180 valence electrons. The third kappa shape index (κ3) is 7.85. The number of ether oxygens (including phenoxy) is 3. The van der Waals surface area contributed by atoms with Gasteiger partial charge in [-0.1, -0.05) is 17.3 Å². The summed E-state index contributed by atoms with van der Waals surface area (Å²) < 4.78 is 17.9. The Labute approximate surface area is 199 Å². The molecule has 0 aliphatic carbocycles. The molecular weight excluding hydrogens is 414 g/mol. The van der Waals surface area contributed by atoms with Crippen LogP contribution in [0.15, 0.2) is 41.6 Å². The third-order valence-electron chi connectivity index (χ3n) is 5.66. The SMILES string of the molecule is C/C=C/COc1cc(C)c(OCCCCCOc2ccc(/C(C)=N/OC)c(C)c2C)c(C)c1. The summed E-state index contributed by atoms with van der Waals surface area (Å²) in [5.41, 5.74) is 6.48. The summed E-state index contributed by atoms with van der Waals surface area (Å²) in [4.78, 5) is 4.90. The van der Waals surface area contributed by atoms with Gasteiger partial charge >= 0.3 is 0 Å². The summed E-state index contributed by atoms with van der Waals surface area (Å²) in [7, 11) is 1.56. The molecular formula is C28H39NO4. The van der Waals surface area contributed by atoms with E-state index in [1.807, 2.05) is 50.3 Å². The molecule has 0 radical (unpaired) electrons. The zero-order valence-corrected chi connectivity index (χ0v) is 21.3. The van der Waals surface area contributed by atoms with E-state index in [2.05, 4.69) is 32.9 Å². The number of unbranched alkanes of at least 4 members (excludes halogenated alkanes) is 2. The average Bonchev–Trinajstić information content (AvgIpc) is 2.77. The smallest absolute Gasteiger partial charge is 0.125 e. The van der Waals surface area contributed by atoms with Crippen molar-refractivity contribution >= 4 is 5.71 Å². The second kappa shape index (κ2) is 13.6. The molecule has 0 heterocycles. The van der Waals surface area contributed by atoms with Crippen molar-refractivity contribution < 1.29 is 19.0 Å². The number of rotatable bonds is 13. The van der Waals surface area contributed by atoms with Gasteiger partial charge in [-0.25, -0.2) is 0 Å². The number of nitrogens with zero attached hydrogens (tertiary/aromatic N) is 1. The molecule has 2 aromatic rings. The topological polar surface area (TPSA) is 49.3 Å². The monoisotopic (exact) mass is 453 g/mol. The van der Waals surface area contributed by atoms with E-state index < -0.39 is 0 Å². The Morgan fingerprint density at radius 3 is 2.18 bits per heavy atom. The summed E-state index contributed by atoms with van der Waals surface area (Å²) in [6.07, 6.45) is 7.02. The number of hydrogen-bond acceptors (Lipinski definition) is 5. The van der Waals surface area contributed by atoms with Crippen molar-refractivity contribution in [1.29, 1.82) is 0 Å². The Kier molecular flexibility index (Phi) is 10.8. The van der Waals surface area contributed by atoms with Crippen molar-refractivity contribution in [1.82, 2.24) is 0 Å². The molecule has 0 aliphatic heterocycles.